The second kappa shape index (κ2) is 7.72. The smallest absolute Gasteiger partial charge is 0.243 e. The highest BCUT2D eigenvalue weighted by Gasteiger charge is 2.25. The first-order valence-electron chi connectivity index (χ1n) is 8.28. The third-order valence-corrected chi connectivity index (χ3v) is 5.99. The van der Waals surface area contributed by atoms with Crippen molar-refractivity contribution in [2.24, 2.45) is 0 Å². The Kier molecular flexibility index (Phi) is 5.39. The Morgan fingerprint density at radius 1 is 1.08 bits per heavy atom. The lowest BCUT2D eigenvalue weighted by Crippen LogP contribution is -2.40. The van der Waals surface area contributed by atoms with E-state index in [0.29, 0.717) is 5.76 Å². The molecule has 0 saturated heterocycles. The van der Waals surface area contributed by atoms with Gasteiger partial charge in [0, 0.05) is 6.54 Å². The summed E-state index contributed by atoms with van der Waals surface area (Å²) in [7, 11) is -3.76. The van der Waals surface area contributed by atoms with Gasteiger partial charge in [0.05, 0.1) is 24.2 Å². The van der Waals surface area contributed by atoms with Crippen molar-refractivity contribution < 1.29 is 17.6 Å². The zero-order valence-corrected chi connectivity index (χ0v) is 15.2. The number of hydrogen-bond donors (Lipinski definition) is 1. The molecule has 2 aromatic carbocycles. The normalized spacial score (nSPS) is 11.8. The van der Waals surface area contributed by atoms with Crippen LogP contribution < -0.4 is 5.32 Å². The molecule has 0 radical (unpaired) electrons. The van der Waals surface area contributed by atoms with Gasteiger partial charge in [0.25, 0.3) is 0 Å². The van der Waals surface area contributed by atoms with Crippen molar-refractivity contribution in [1.29, 1.82) is 0 Å². The highest BCUT2D eigenvalue weighted by Crippen LogP contribution is 2.21. The molecule has 0 aliphatic rings. The minimum absolute atomic E-state index is 0.178. The molecule has 1 heterocycles. The SMILES string of the molecule is CCN(CC(=O)NCc1ccco1)S(=O)(=O)c1ccc2ccccc2c1. The first kappa shape index (κ1) is 18.2. The van der Waals surface area contributed by atoms with Crippen molar-refractivity contribution in [2.45, 2.75) is 18.4 Å². The number of amides is 1. The van der Waals surface area contributed by atoms with Crippen molar-refractivity contribution >= 4 is 26.7 Å². The third-order valence-electron chi connectivity index (χ3n) is 4.07. The van der Waals surface area contributed by atoms with E-state index in [1.54, 1.807) is 37.3 Å². The van der Waals surface area contributed by atoms with E-state index in [9.17, 15) is 13.2 Å². The van der Waals surface area contributed by atoms with E-state index in [4.69, 9.17) is 4.42 Å². The molecule has 0 fully saturated rings. The Labute approximate surface area is 152 Å². The molecular weight excluding hydrogens is 352 g/mol. The molecule has 6 nitrogen and oxygen atoms in total. The summed E-state index contributed by atoms with van der Waals surface area (Å²) in [6, 6.07) is 16.0. The van der Waals surface area contributed by atoms with Gasteiger partial charge in [-0.25, -0.2) is 8.42 Å². The van der Waals surface area contributed by atoms with E-state index < -0.39 is 10.0 Å². The summed E-state index contributed by atoms with van der Waals surface area (Å²) in [6.45, 7) is 1.88. The van der Waals surface area contributed by atoms with Crippen LogP contribution in [0, 0.1) is 0 Å². The summed E-state index contributed by atoms with van der Waals surface area (Å²) in [5, 5.41) is 4.47. The standard InChI is InChI=1S/C19H20N2O4S/c1-2-21(14-19(22)20-13-17-8-5-11-25-17)26(23,24)18-10-9-15-6-3-4-7-16(15)12-18/h3-12H,2,13-14H2,1H3,(H,20,22). The summed E-state index contributed by atoms with van der Waals surface area (Å²) < 4.78 is 32.1. The maximum atomic E-state index is 12.9. The molecule has 1 aromatic heterocycles. The van der Waals surface area contributed by atoms with Crippen LogP contribution in [0.5, 0.6) is 0 Å². The number of likely N-dealkylation sites (N-methyl/N-ethyl adjacent to an activating group) is 1. The van der Waals surface area contributed by atoms with E-state index in [0.717, 1.165) is 15.1 Å². The van der Waals surface area contributed by atoms with Crippen molar-refractivity contribution in [2.75, 3.05) is 13.1 Å². The van der Waals surface area contributed by atoms with Crippen LogP contribution in [-0.4, -0.2) is 31.7 Å². The molecule has 7 heteroatoms. The molecule has 1 amide bonds. The highest BCUT2D eigenvalue weighted by molar-refractivity contribution is 7.89. The van der Waals surface area contributed by atoms with Gasteiger partial charge in [-0.15, -0.1) is 0 Å². The van der Waals surface area contributed by atoms with Gasteiger partial charge in [-0.3, -0.25) is 4.79 Å². The number of sulfonamides is 1. The summed E-state index contributed by atoms with van der Waals surface area (Å²) in [6.07, 6.45) is 1.52. The second-order valence-electron chi connectivity index (χ2n) is 5.80. The van der Waals surface area contributed by atoms with Crippen LogP contribution in [0.1, 0.15) is 12.7 Å². The highest BCUT2D eigenvalue weighted by atomic mass is 32.2. The van der Waals surface area contributed by atoms with Gasteiger partial charge in [0.15, 0.2) is 0 Å². The van der Waals surface area contributed by atoms with E-state index in [1.807, 2.05) is 24.3 Å². The number of hydrogen-bond acceptors (Lipinski definition) is 4. The van der Waals surface area contributed by atoms with Crippen LogP contribution in [0.25, 0.3) is 10.8 Å². The Hall–Kier alpha value is -2.64. The van der Waals surface area contributed by atoms with Crippen molar-refractivity contribution in [3.05, 3.63) is 66.6 Å². The van der Waals surface area contributed by atoms with E-state index in [1.165, 1.54) is 6.26 Å². The van der Waals surface area contributed by atoms with Crippen LogP contribution >= 0.6 is 0 Å². The first-order valence-corrected chi connectivity index (χ1v) is 9.72. The fraction of sp³-hybridized carbons (Fsp3) is 0.211. The average Bonchev–Trinajstić information content (AvgIpc) is 3.17. The molecule has 0 unspecified atom stereocenters. The van der Waals surface area contributed by atoms with Gasteiger partial charge in [0.2, 0.25) is 15.9 Å². The van der Waals surface area contributed by atoms with Crippen molar-refractivity contribution in [1.82, 2.24) is 9.62 Å². The quantitative estimate of drug-likeness (QED) is 0.692. The van der Waals surface area contributed by atoms with E-state index in [-0.39, 0.29) is 30.4 Å². The molecule has 0 aliphatic carbocycles. The lowest BCUT2D eigenvalue weighted by Gasteiger charge is -2.20. The molecule has 0 bridgehead atoms. The van der Waals surface area contributed by atoms with Crippen LogP contribution in [0.15, 0.2) is 70.2 Å². The van der Waals surface area contributed by atoms with Gasteiger partial charge in [0.1, 0.15) is 5.76 Å². The molecule has 26 heavy (non-hydrogen) atoms. The zero-order valence-electron chi connectivity index (χ0n) is 14.4. The molecule has 0 spiro atoms. The molecule has 0 atom stereocenters. The van der Waals surface area contributed by atoms with Crippen LogP contribution in [0.2, 0.25) is 0 Å². The average molecular weight is 372 g/mol. The largest absolute Gasteiger partial charge is 0.467 e. The summed E-state index contributed by atoms with van der Waals surface area (Å²) in [4.78, 5) is 12.3. The van der Waals surface area contributed by atoms with E-state index >= 15 is 0 Å². The topological polar surface area (TPSA) is 79.6 Å². The van der Waals surface area contributed by atoms with Crippen molar-refractivity contribution in [3.63, 3.8) is 0 Å². The molecule has 136 valence electrons. The van der Waals surface area contributed by atoms with Gasteiger partial charge >= 0.3 is 0 Å². The molecule has 3 rings (SSSR count). The van der Waals surface area contributed by atoms with Crippen LogP contribution in [0.4, 0.5) is 0 Å². The minimum Gasteiger partial charge on any atom is -0.467 e. The van der Waals surface area contributed by atoms with Gasteiger partial charge in [-0.05, 0) is 35.0 Å². The first-order chi connectivity index (χ1) is 12.5. The number of rotatable bonds is 7. The fourth-order valence-corrected chi connectivity index (χ4v) is 4.10. The maximum Gasteiger partial charge on any atom is 0.243 e. The second-order valence-corrected chi connectivity index (χ2v) is 7.73. The number of nitrogens with one attached hydrogen (secondary N) is 1. The molecule has 0 saturated carbocycles. The number of furan rings is 1. The van der Waals surface area contributed by atoms with Gasteiger partial charge in [-0.2, -0.15) is 4.31 Å². The van der Waals surface area contributed by atoms with Crippen LogP contribution in [-0.2, 0) is 21.4 Å². The number of carbonyl (C=O) groups excluding carboxylic acids is 1. The number of benzene rings is 2. The lowest BCUT2D eigenvalue weighted by atomic mass is 10.1. The van der Waals surface area contributed by atoms with Crippen LogP contribution in [0.3, 0.4) is 0 Å². The minimum atomic E-state index is -3.76. The fourth-order valence-electron chi connectivity index (χ4n) is 2.66. The number of carbonyl (C=O) groups is 1. The third kappa shape index (κ3) is 3.95. The molecular formula is C19H20N2O4S. The predicted molar refractivity (Wildman–Crippen MR) is 98.9 cm³/mol. The molecule has 3 aromatic rings. The summed E-state index contributed by atoms with van der Waals surface area (Å²) in [5.74, 6) is 0.228. The maximum absolute atomic E-state index is 12.9. The monoisotopic (exact) mass is 372 g/mol. The van der Waals surface area contributed by atoms with E-state index in [2.05, 4.69) is 5.32 Å². The van der Waals surface area contributed by atoms with Gasteiger partial charge < -0.3 is 9.73 Å². The lowest BCUT2D eigenvalue weighted by molar-refractivity contribution is -0.121. The van der Waals surface area contributed by atoms with Gasteiger partial charge in [-0.1, -0.05) is 37.3 Å². The predicted octanol–water partition coefficient (Wildman–Crippen LogP) is 2.76. The summed E-state index contributed by atoms with van der Waals surface area (Å²) in [5.41, 5.74) is 0. The summed E-state index contributed by atoms with van der Waals surface area (Å²) >= 11 is 0. The number of nitrogens with zero attached hydrogens (tertiary/aromatic N) is 1. The Morgan fingerprint density at radius 3 is 2.54 bits per heavy atom. The number of fused-ring (bicyclic) bond motifs is 1. The zero-order chi connectivity index (χ0) is 18.6. The Bertz CT molecular complexity index is 997. The van der Waals surface area contributed by atoms with Crippen molar-refractivity contribution in [3.8, 4) is 0 Å². The Balaban J connectivity index is 1.75. The molecule has 1 N–H and O–H groups in total. The molecule has 0 aliphatic heterocycles. The Morgan fingerprint density at radius 2 is 1.85 bits per heavy atom.